The molecule has 120 valence electrons. The third kappa shape index (κ3) is 3.53. The molecule has 5 nitrogen and oxygen atoms in total. The molecule has 2 aliphatic heterocycles. The highest BCUT2D eigenvalue weighted by atomic mass is 16.3. The number of hydrogen-bond acceptors (Lipinski definition) is 4. The summed E-state index contributed by atoms with van der Waals surface area (Å²) < 4.78 is 0. The number of carbonyl (C=O) groups excluding carboxylic acids is 1. The number of nitrogens with zero attached hydrogens (tertiary/aromatic N) is 3. The summed E-state index contributed by atoms with van der Waals surface area (Å²) in [7, 11) is 1.91. The number of amides is 1. The van der Waals surface area contributed by atoms with Crippen molar-refractivity contribution in [2.24, 2.45) is 5.92 Å². The molecular weight excluding hydrogens is 278 g/mol. The average Bonchev–Trinajstić information content (AvgIpc) is 2.52. The van der Waals surface area contributed by atoms with E-state index in [4.69, 9.17) is 0 Å². The molecule has 0 saturated carbocycles. The summed E-state index contributed by atoms with van der Waals surface area (Å²) in [4.78, 5) is 18.3. The second kappa shape index (κ2) is 6.57. The Kier molecular flexibility index (Phi) is 4.52. The number of hydrogen-bond donors (Lipinski definition) is 1. The zero-order chi connectivity index (χ0) is 15.5. The zero-order valence-electron chi connectivity index (χ0n) is 13.2. The fourth-order valence-corrected chi connectivity index (χ4v) is 3.49. The fourth-order valence-electron chi connectivity index (χ4n) is 3.49. The molecule has 1 amide bonds. The summed E-state index contributed by atoms with van der Waals surface area (Å²) >= 11 is 0. The first-order valence-corrected chi connectivity index (χ1v) is 8.12. The van der Waals surface area contributed by atoms with Gasteiger partial charge in [-0.25, -0.2) is 0 Å². The maximum atomic E-state index is 11.5. The number of piperidine rings is 1. The summed E-state index contributed by atoms with van der Waals surface area (Å²) in [6, 6.07) is 7.49. The molecule has 1 aromatic carbocycles. The molecule has 2 fully saturated rings. The van der Waals surface area contributed by atoms with Gasteiger partial charge in [-0.3, -0.25) is 9.69 Å². The highest BCUT2D eigenvalue weighted by Gasteiger charge is 2.26. The monoisotopic (exact) mass is 303 g/mol. The molecule has 1 unspecified atom stereocenters. The number of carbonyl (C=O) groups is 1. The normalized spacial score (nSPS) is 23.9. The Morgan fingerprint density at radius 1 is 1.23 bits per heavy atom. The van der Waals surface area contributed by atoms with Crippen LogP contribution in [0.4, 0.5) is 5.69 Å². The van der Waals surface area contributed by atoms with Gasteiger partial charge < -0.3 is 14.9 Å². The van der Waals surface area contributed by atoms with Crippen molar-refractivity contribution in [2.45, 2.75) is 12.8 Å². The van der Waals surface area contributed by atoms with Crippen LogP contribution < -0.4 is 4.90 Å². The lowest BCUT2D eigenvalue weighted by Gasteiger charge is -2.39. The van der Waals surface area contributed by atoms with Crippen LogP contribution in [0.5, 0.6) is 5.75 Å². The molecule has 0 bridgehead atoms. The van der Waals surface area contributed by atoms with Crippen LogP contribution in [0.3, 0.4) is 0 Å². The van der Waals surface area contributed by atoms with E-state index >= 15 is 0 Å². The molecule has 2 heterocycles. The first-order valence-electron chi connectivity index (χ1n) is 8.12. The zero-order valence-corrected chi connectivity index (χ0v) is 13.2. The number of piperazine rings is 1. The Balaban J connectivity index is 1.49. The standard InChI is InChI=1S/C17H25N3O2/c1-18-12-14(5-6-17(18)22)13-19-7-9-20(10-8-19)15-3-2-4-16(21)11-15/h2-4,11,14,21H,5-10,12-13H2,1H3. The number of aromatic hydroxyl groups is 1. The van der Waals surface area contributed by atoms with E-state index in [1.807, 2.05) is 24.1 Å². The molecule has 22 heavy (non-hydrogen) atoms. The first-order chi connectivity index (χ1) is 10.6. The summed E-state index contributed by atoms with van der Waals surface area (Å²) in [6.45, 7) is 6.06. The lowest BCUT2D eigenvalue weighted by Crippen LogP contribution is -2.49. The fraction of sp³-hybridized carbons (Fsp3) is 0.588. The van der Waals surface area contributed by atoms with Crippen LogP contribution in [-0.2, 0) is 4.79 Å². The SMILES string of the molecule is CN1CC(CN2CCN(c3cccc(O)c3)CC2)CCC1=O. The lowest BCUT2D eigenvalue weighted by atomic mass is 9.97. The molecule has 2 saturated heterocycles. The summed E-state index contributed by atoms with van der Waals surface area (Å²) in [5.74, 6) is 1.22. The van der Waals surface area contributed by atoms with Crippen molar-refractivity contribution in [1.82, 2.24) is 9.80 Å². The van der Waals surface area contributed by atoms with Crippen LogP contribution >= 0.6 is 0 Å². The van der Waals surface area contributed by atoms with E-state index in [0.717, 1.165) is 51.4 Å². The first kappa shape index (κ1) is 15.2. The summed E-state index contributed by atoms with van der Waals surface area (Å²) in [5.41, 5.74) is 1.10. The van der Waals surface area contributed by atoms with E-state index in [-0.39, 0.29) is 5.91 Å². The van der Waals surface area contributed by atoms with Gasteiger partial charge in [0.05, 0.1) is 0 Å². The Morgan fingerprint density at radius 3 is 2.68 bits per heavy atom. The van der Waals surface area contributed by atoms with E-state index in [9.17, 15) is 9.90 Å². The predicted molar refractivity (Wildman–Crippen MR) is 87.1 cm³/mol. The number of benzene rings is 1. The number of rotatable bonds is 3. The highest BCUT2D eigenvalue weighted by molar-refractivity contribution is 5.76. The van der Waals surface area contributed by atoms with Crippen molar-refractivity contribution < 1.29 is 9.90 Å². The van der Waals surface area contributed by atoms with Gasteiger partial charge in [0.1, 0.15) is 5.75 Å². The van der Waals surface area contributed by atoms with E-state index in [1.54, 1.807) is 6.07 Å². The van der Waals surface area contributed by atoms with Crippen molar-refractivity contribution in [3.05, 3.63) is 24.3 Å². The third-order valence-electron chi connectivity index (χ3n) is 4.81. The van der Waals surface area contributed by atoms with E-state index in [2.05, 4.69) is 15.9 Å². The minimum absolute atomic E-state index is 0.282. The minimum Gasteiger partial charge on any atom is -0.508 e. The highest BCUT2D eigenvalue weighted by Crippen LogP contribution is 2.22. The van der Waals surface area contributed by atoms with Gasteiger partial charge in [0.25, 0.3) is 0 Å². The quantitative estimate of drug-likeness (QED) is 0.916. The molecule has 2 aliphatic rings. The maximum absolute atomic E-state index is 11.5. The average molecular weight is 303 g/mol. The van der Waals surface area contributed by atoms with Crippen LogP contribution in [0, 0.1) is 5.92 Å². The second-order valence-electron chi connectivity index (χ2n) is 6.49. The van der Waals surface area contributed by atoms with Crippen molar-refractivity contribution in [1.29, 1.82) is 0 Å². The van der Waals surface area contributed by atoms with Crippen LogP contribution in [0.15, 0.2) is 24.3 Å². The van der Waals surface area contributed by atoms with Gasteiger partial charge in [0.15, 0.2) is 0 Å². The Hall–Kier alpha value is -1.75. The number of likely N-dealkylation sites (tertiary alicyclic amines) is 1. The molecule has 0 spiro atoms. The summed E-state index contributed by atoms with van der Waals surface area (Å²) in [5, 5.41) is 9.59. The molecule has 3 rings (SSSR count). The summed E-state index contributed by atoms with van der Waals surface area (Å²) in [6.07, 6.45) is 1.72. The minimum atomic E-state index is 0.282. The van der Waals surface area contributed by atoms with Crippen LogP contribution in [0.2, 0.25) is 0 Å². The van der Waals surface area contributed by atoms with Crippen LogP contribution in [0.1, 0.15) is 12.8 Å². The third-order valence-corrected chi connectivity index (χ3v) is 4.81. The van der Waals surface area contributed by atoms with Crippen LogP contribution in [-0.4, -0.2) is 67.1 Å². The van der Waals surface area contributed by atoms with Crippen molar-refractivity contribution in [2.75, 3.05) is 51.2 Å². The molecule has 5 heteroatoms. The molecule has 1 atom stereocenters. The van der Waals surface area contributed by atoms with Crippen molar-refractivity contribution in [3.8, 4) is 5.75 Å². The molecule has 0 radical (unpaired) electrons. The van der Waals surface area contributed by atoms with Gasteiger partial charge in [0.2, 0.25) is 5.91 Å². The molecular formula is C17H25N3O2. The predicted octanol–water partition coefficient (Wildman–Crippen LogP) is 1.38. The van der Waals surface area contributed by atoms with Crippen LogP contribution in [0.25, 0.3) is 0 Å². The Morgan fingerprint density at radius 2 is 2.00 bits per heavy atom. The van der Waals surface area contributed by atoms with Gasteiger partial charge in [-0.2, -0.15) is 0 Å². The van der Waals surface area contributed by atoms with E-state index < -0.39 is 0 Å². The van der Waals surface area contributed by atoms with E-state index in [0.29, 0.717) is 18.1 Å². The molecule has 1 aromatic rings. The van der Waals surface area contributed by atoms with Gasteiger partial charge in [-0.05, 0) is 24.5 Å². The molecule has 1 N–H and O–H groups in total. The topological polar surface area (TPSA) is 47.0 Å². The number of phenolic OH excluding ortho intramolecular Hbond substituents is 1. The number of phenols is 1. The largest absolute Gasteiger partial charge is 0.508 e. The Bertz CT molecular complexity index is 526. The van der Waals surface area contributed by atoms with Crippen molar-refractivity contribution in [3.63, 3.8) is 0 Å². The van der Waals surface area contributed by atoms with Gasteiger partial charge >= 0.3 is 0 Å². The maximum Gasteiger partial charge on any atom is 0.222 e. The van der Waals surface area contributed by atoms with E-state index in [1.165, 1.54) is 0 Å². The molecule has 0 aliphatic carbocycles. The van der Waals surface area contributed by atoms with Gasteiger partial charge in [-0.1, -0.05) is 6.07 Å². The second-order valence-corrected chi connectivity index (χ2v) is 6.49. The molecule has 0 aromatic heterocycles. The Labute approximate surface area is 132 Å². The smallest absolute Gasteiger partial charge is 0.222 e. The van der Waals surface area contributed by atoms with Gasteiger partial charge in [-0.15, -0.1) is 0 Å². The lowest BCUT2D eigenvalue weighted by molar-refractivity contribution is -0.133. The number of anilines is 1. The van der Waals surface area contributed by atoms with Crippen molar-refractivity contribution >= 4 is 11.6 Å². The van der Waals surface area contributed by atoms with Gasteiger partial charge in [0, 0.05) is 64.5 Å².